The topological polar surface area (TPSA) is 59.3 Å². The fourth-order valence-corrected chi connectivity index (χ4v) is 4.80. The van der Waals surface area contributed by atoms with Crippen LogP contribution in [-0.4, -0.2) is 29.9 Å². The summed E-state index contributed by atoms with van der Waals surface area (Å²) in [7, 11) is -3.72. The van der Waals surface area contributed by atoms with Crippen LogP contribution in [0.1, 0.15) is 12.6 Å². The van der Waals surface area contributed by atoms with Crippen molar-refractivity contribution in [3.8, 4) is 0 Å². The van der Waals surface area contributed by atoms with E-state index in [-0.39, 0.29) is 11.3 Å². The van der Waals surface area contributed by atoms with Crippen LogP contribution in [0.4, 0.5) is 0 Å². The van der Waals surface area contributed by atoms with Crippen molar-refractivity contribution in [3.63, 3.8) is 0 Å². The first-order valence-corrected chi connectivity index (χ1v) is 10.3. The zero-order valence-corrected chi connectivity index (χ0v) is 15.1. The largest absolute Gasteiger partial charge is 0.393 e. The van der Waals surface area contributed by atoms with Crippen LogP contribution in [0.25, 0.3) is 10.9 Å². The molecule has 0 spiro atoms. The standard InChI is InChI=1S/C18H19NO3S2/c1-13(20)10-15-11-14-12-16(23-2)8-9-18(14)19(15)24(21,22)17-6-4-3-5-7-17/h3-9,11-13,20H,10H2,1-2H3. The highest BCUT2D eigenvalue weighted by Crippen LogP contribution is 2.29. The van der Waals surface area contributed by atoms with Gasteiger partial charge in [-0.05, 0) is 49.6 Å². The van der Waals surface area contributed by atoms with Crippen molar-refractivity contribution in [3.05, 3.63) is 60.3 Å². The number of aromatic nitrogens is 1. The van der Waals surface area contributed by atoms with E-state index in [9.17, 15) is 13.5 Å². The van der Waals surface area contributed by atoms with Crippen LogP contribution in [0.15, 0.2) is 64.4 Å². The molecule has 0 saturated heterocycles. The van der Waals surface area contributed by atoms with Gasteiger partial charge in [0.2, 0.25) is 0 Å². The summed E-state index contributed by atoms with van der Waals surface area (Å²) in [4.78, 5) is 1.31. The van der Waals surface area contributed by atoms with Crippen molar-refractivity contribution in [1.29, 1.82) is 0 Å². The Morgan fingerprint density at radius 3 is 2.46 bits per heavy atom. The first kappa shape index (κ1) is 17.1. The van der Waals surface area contributed by atoms with Gasteiger partial charge in [-0.3, -0.25) is 0 Å². The molecule has 126 valence electrons. The number of benzene rings is 2. The predicted octanol–water partition coefficient (Wildman–Crippen LogP) is 3.52. The van der Waals surface area contributed by atoms with Crippen molar-refractivity contribution in [2.45, 2.75) is 29.2 Å². The summed E-state index contributed by atoms with van der Waals surface area (Å²) in [5.41, 5.74) is 1.22. The van der Waals surface area contributed by atoms with E-state index in [1.807, 2.05) is 30.5 Å². The normalized spacial score (nSPS) is 13.3. The van der Waals surface area contributed by atoms with Gasteiger partial charge in [-0.15, -0.1) is 11.8 Å². The van der Waals surface area contributed by atoms with Crippen LogP contribution in [0.5, 0.6) is 0 Å². The lowest BCUT2D eigenvalue weighted by molar-refractivity contribution is 0.194. The third-order valence-electron chi connectivity index (χ3n) is 3.82. The molecular weight excluding hydrogens is 342 g/mol. The fourth-order valence-electron chi connectivity index (χ4n) is 2.78. The van der Waals surface area contributed by atoms with Crippen LogP contribution >= 0.6 is 11.8 Å². The number of nitrogens with zero attached hydrogens (tertiary/aromatic N) is 1. The second kappa shape index (κ2) is 6.63. The minimum Gasteiger partial charge on any atom is -0.393 e. The molecule has 0 saturated carbocycles. The smallest absolute Gasteiger partial charge is 0.268 e. The second-order valence-corrected chi connectivity index (χ2v) is 8.36. The number of rotatable bonds is 5. The van der Waals surface area contributed by atoms with Gasteiger partial charge in [-0.25, -0.2) is 12.4 Å². The van der Waals surface area contributed by atoms with Gasteiger partial charge in [0.15, 0.2) is 0 Å². The first-order chi connectivity index (χ1) is 11.4. The molecule has 0 fully saturated rings. The van der Waals surface area contributed by atoms with Gasteiger partial charge < -0.3 is 5.11 Å². The predicted molar refractivity (Wildman–Crippen MR) is 98.1 cm³/mol. The average Bonchev–Trinajstić information content (AvgIpc) is 2.92. The van der Waals surface area contributed by atoms with Crippen LogP contribution in [0.3, 0.4) is 0 Å². The van der Waals surface area contributed by atoms with Crippen LogP contribution < -0.4 is 0 Å². The Kier molecular flexibility index (Phi) is 4.71. The van der Waals surface area contributed by atoms with Crippen molar-refractivity contribution in [2.24, 2.45) is 0 Å². The number of fused-ring (bicyclic) bond motifs is 1. The minimum atomic E-state index is -3.72. The first-order valence-electron chi connectivity index (χ1n) is 7.60. The Morgan fingerprint density at radius 2 is 1.83 bits per heavy atom. The summed E-state index contributed by atoms with van der Waals surface area (Å²) in [6.45, 7) is 1.66. The molecule has 3 aromatic rings. The van der Waals surface area contributed by atoms with Gasteiger partial charge >= 0.3 is 0 Å². The SMILES string of the molecule is CSc1ccc2c(c1)cc(CC(C)O)n2S(=O)(=O)c1ccccc1. The highest BCUT2D eigenvalue weighted by Gasteiger charge is 2.23. The maximum Gasteiger partial charge on any atom is 0.268 e. The zero-order chi connectivity index (χ0) is 17.3. The Balaban J connectivity index is 2.28. The number of hydrogen-bond acceptors (Lipinski definition) is 4. The third-order valence-corrected chi connectivity index (χ3v) is 6.33. The summed E-state index contributed by atoms with van der Waals surface area (Å²) in [6.07, 6.45) is 1.63. The molecule has 1 N–H and O–H groups in total. The van der Waals surface area contributed by atoms with Gasteiger partial charge in [0.1, 0.15) is 0 Å². The second-order valence-electron chi connectivity index (χ2n) is 5.70. The maximum atomic E-state index is 13.1. The monoisotopic (exact) mass is 361 g/mol. The van der Waals surface area contributed by atoms with Crippen molar-refractivity contribution in [2.75, 3.05) is 6.26 Å². The van der Waals surface area contributed by atoms with E-state index in [0.29, 0.717) is 11.2 Å². The molecule has 3 rings (SSSR count). The Morgan fingerprint density at radius 1 is 1.12 bits per heavy atom. The van der Waals surface area contributed by atoms with Crippen LogP contribution in [-0.2, 0) is 16.4 Å². The molecule has 1 aromatic heterocycles. The molecule has 0 aliphatic rings. The zero-order valence-electron chi connectivity index (χ0n) is 13.5. The van der Waals surface area contributed by atoms with E-state index in [1.165, 1.54) is 3.97 Å². The molecule has 2 aromatic carbocycles. The van der Waals surface area contributed by atoms with Crippen LogP contribution in [0, 0.1) is 0 Å². The molecule has 1 unspecified atom stereocenters. The molecule has 0 radical (unpaired) electrons. The van der Waals surface area contributed by atoms with Gasteiger partial charge in [0.25, 0.3) is 10.0 Å². The lowest BCUT2D eigenvalue weighted by Gasteiger charge is -2.13. The van der Waals surface area contributed by atoms with Crippen molar-refractivity contribution in [1.82, 2.24) is 3.97 Å². The van der Waals surface area contributed by atoms with Gasteiger partial charge in [0, 0.05) is 22.4 Å². The molecule has 24 heavy (non-hydrogen) atoms. The van der Waals surface area contributed by atoms with E-state index in [0.717, 1.165) is 10.3 Å². The van der Waals surface area contributed by atoms with E-state index >= 15 is 0 Å². The van der Waals surface area contributed by atoms with E-state index in [1.54, 1.807) is 49.0 Å². The molecule has 4 nitrogen and oxygen atoms in total. The minimum absolute atomic E-state index is 0.239. The van der Waals surface area contributed by atoms with E-state index in [2.05, 4.69) is 0 Å². The quantitative estimate of drug-likeness (QED) is 0.707. The van der Waals surface area contributed by atoms with Gasteiger partial charge in [-0.1, -0.05) is 18.2 Å². The summed E-state index contributed by atoms with van der Waals surface area (Å²) >= 11 is 1.61. The highest BCUT2D eigenvalue weighted by molar-refractivity contribution is 7.98. The highest BCUT2D eigenvalue weighted by atomic mass is 32.2. The molecule has 0 aliphatic carbocycles. The summed E-state index contributed by atoms with van der Waals surface area (Å²) in [6, 6.07) is 15.9. The molecule has 6 heteroatoms. The third kappa shape index (κ3) is 3.09. The molecule has 0 aliphatic heterocycles. The Labute approximate surface area is 146 Å². The maximum absolute atomic E-state index is 13.1. The average molecular weight is 361 g/mol. The van der Waals surface area contributed by atoms with Gasteiger partial charge in [0.05, 0.1) is 16.5 Å². The van der Waals surface area contributed by atoms with Crippen LogP contribution in [0.2, 0.25) is 0 Å². The number of aliphatic hydroxyl groups excluding tert-OH is 1. The number of hydrogen-bond donors (Lipinski definition) is 1. The van der Waals surface area contributed by atoms with Crippen molar-refractivity contribution >= 4 is 32.7 Å². The van der Waals surface area contributed by atoms with Crippen molar-refractivity contribution < 1.29 is 13.5 Å². The van der Waals surface area contributed by atoms with Gasteiger partial charge in [-0.2, -0.15) is 0 Å². The Bertz CT molecular complexity index is 961. The summed E-state index contributed by atoms with van der Waals surface area (Å²) in [5.74, 6) is 0. The lowest BCUT2D eigenvalue weighted by atomic mass is 10.2. The molecule has 0 amide bonds. The molecule has 1 atom stereocenters. The fraction of sp³-hybridized carbons (Fsp3) is 0.222. The summed E-state index contributed by atoms with van der Waals surface area (Å²) < 4.78 is 27.6. The molecule has 1 heterocycles. The lowest BCUT2D eigenvalue weighted by Crippen LogP contribution is -2.18. The van der Waals surface area contributed by atoms with E-state index < -0.39 is 16.1 Å². The van der Waals surface area contributed by atoms with E-state index in [4.69, 9.17) is 0 Å². The summed E-state index contributed by atoms with van der Waals surface area (Å²) in [5, 5.41) is 10.6. The number of aliphatic hydroxyl groups is 1. The molecule has 0 bridgehead atoms. The number of thioether (sulfide) groups is 1. The Hall–Kier alpha value is -1.76. The molecular formula is C18H19NO3S2.